The second-order valence-electron chi connectivity index (χ2n) is 7.25. The third kappa shape index (κ3) is 4.24. The SMILES string of the molecule is CNc1c(/C=C(\C=O)C(N)=O)ccc(C2CCC2)c1-c1cccc(S(C)(=O)=O)c1. The van der Waals surface area contributed by atoms with Gasteiger partial charge in [0, 0.05) is 24.6 Å². The number of hydrogen-bond acceptors (Lipinski definition) is 5. The molecule has 152 valence electrons. The summed E-state index contributed by atoms with van der Waals surface area (Å²) in [5, 5.41) is 3.17. The molecule has 6 nitrogen and oxygen atoms in total. The van der Waals surface area contributed by atoms with Crippen LogP contribution in [0.5, 0.6) is 0 Å². The first-order valence-electron chi connectivity index (χ1n) is 9.38. The maximum Gasteiger partial charge on any atom is 0.252 e. The Bertz CT molecular complexity index is 1100. The van der Waals surface area contributed by atoms with Crippen LogP contribution in [0.3, 0.4) is 0 Å². The Hall–Kier alpha value is -2.93. The molecule has 0 atom stereocenters. The molecule has 1 amide bonds. The van der Waals surface area contributed by atoms with Crippen LogP contribution in [0.2, 0.25) is 0 Å². The van der Waals surface area contributed by atoms with Crippen molar-refractivity contribution in [2.75, 3.05) is 18.6 Å². The van der Waals surface area contributed by atoms with E-state index in [4.69, 9.17) is 5.73 Å². The normalized spacial score (nSPS) is 14.9. The van der Waals surface area contributed by atoms with Gasteiger partial charge in [-0.25, -0.2) is 8.42 Å². The molecule has 1 fully saturated rings. The minimum Gasteiger partial charge on any atom is -0.387 e. The number of benzene rings is 2. The van der Waals surface area contributed by atoms with Crippen molar-refractivity contribution in [1.29, 1.82) is 0 Å². The number of aldehydes is 1. The lowest BCUT2D eigenvalue weighted by atomic mass is 9.76. The summed E-state index contributed by atoms with van der Waals surface area (Å²) in [6.45, 7) is 0. The number of amides is 1. The van der Waals surface area contributed by atoms with Gasteiger partial charge in [0.1, 0.15) is 0 Å². The van der Waals surface area contributed by atoms with Gasteiger partial charge in [0.25, 0.3) is 5.91 Å². The summed E-state index contributed by atoms with van der Waals surface area (Å²) in [4.78, 5) is 23.0. The van der Waals surface area contributed by atoms with Crippen LogP contribution in [0.4, 0.5) is 5.69 Å². The lowest BCUT2D eigenvalue weighted by Gasteiger charge is -2.30. The monoisotopic (exact) mass is 412 g/mol. The molecule has 0 aliphatic heterocycles. The molecule has 3 rings (SSSR count). The molecule has 1 aliphatic rings. The molecule has 3 N–H and O–H groups in total. The Morgan fingerprint density at radius 3 is 2.45 bits per heavy atom. The van der Waals surface area contributed by atoms with E-state index in [2.05, 4.69) is 5.32 Å². The van der Waals surface area contributed by atoms with Crippen LogP contribution in [-0.4, -0.2) is 33.9 Å². The molecule has 0 radical (unpaired) electrons. The van der Waals surface area contributed by atoms with E-state index in [1.54, 1.807) is 25.2 Å². The minimum atomic E-state index is -3.36. The second-order valence-corrected chi connectivity index (χ2v) is 9.27. The van der Waals surface area contributed by atoms with Crippen molar-refractivity contribution in [2.45, 2.75) is 30.1 Å². The topological polar surface area (TPSA) is 106 Å². The van der Waals surface area contributed by atoms with E-state index in [1.807, 2.05) is 18.2 Å². The molecule has 0 heterocycles. The molecular formula is C22H24N2O4S. The lowest BCUT2D eigenvalue weighted by Crippen LogP contribution is -2.15. The largest absolute Gasteiger partial charge is 0.387 e. The van der Waals surface area contributed by atoms with E-state index in [0.29, 0.717) is 17.8 Å². The van der Waals surface area contributed by atoms with E-state index in [1.165, 1.54) is 12.3 Å². The first-order chi connectivity index (χ1) is 13.8. The molecule has 29 heavy (non-hydrogen) atoms. The van der Waals surface area contributed by atoms with Gasteiger partial charge in [0.15, 0.2) is 16.1 Å². The molecule has 0 unspecified atom stereocenters. The molecule has 1 saturated carbocycles. The summed E-state index contributed by atoms with van der Waals surface area (Å²) in [5.41, 5.74) is 9.28. The quantitative estimate of drug-likeness (QED) is 0.314. The van der Waals surface area contributed by atoms with Crippen LogP contribution in [0.25, 0.3) is 17.2 Å². The van der Waals surface area contributed by atoms with Gasteiger partial charge in [-0.05, 0) is 53.7 Å². The standard InChI is InChI=1S/C22H24N2O4S/c1-24-21-16(11-17(13-25)22(23)26)9-10-19(14-5-3-6-14)20(21)15-7-4-8-18(12-15)29(2,27)28/h4,7-14,24H,3,5-6H2,1-2H3,(H2,23,26)/b17-11+. The number of hydrogen-bond donors (Lipinski definition) is 2. The Morgan fingerprint density at radius 1 is 1.21 bits per heavy atom. The van der Waals surface area contributed by atoms with Gasteiger partial charge in [-0.2, -0.15) is 0 Å². The Kier molecular flexibility index (Phi) is 5.88. The summed E-state index contributed by atoms with van der Waals surface area (Å²) < 4.78 is 24.1. The average molecular weight is 413 g/mol. The summed E-state index contributed by atoms with van der Waals surface area (Å²) in [5.74, 6) is -0.413. The fourth-order valence-electron chi connectivity index (χ4n) is 3.61. The zero-order valence-electron chi connectivity index (χ0n) is 16.4. The van der Waals surface area contributed by atoms with Crippen molar-refractivity contribution in [3.05, 3.63) is 53.1 Å². The number of carbonyl (C=O) groups is 2. The average Bonchev–Trinajstić information content (AvgIpc) is 2.64. The number of nitrogens with one attached hydrogen (secondary N) is 1. The van der Waals surface area contributed by atoms with Crippen molar-refractivity contribution in [2.24, 2.45) is 5.73 Å². The predicted octanol–water partition coefficient (Wildman–Crippen LogP) is 3.13. The predicted molar refractivity (Wildman–Crippen MR) is 114 cm³/mol. The van der Waals surface area contributed by atoms with Gasteiger partial charge in [-0.3, -0.25) is 9.59 Å². The molecule has 2 aromatic carbocycles. The first-order valence-corrected chi connectivity index (χ1v) is 11.3. The third-order valence-corrected chi connectivity index (χ3v) is 6.45. The van der Waals surface area contributed by atoms with Crippen LogP contribution in [-0.2, 0) is 19.4 Å². The van der Waals surface area contributed by atoms with Gasteiger partial charge < -0.3 is 11.1 Å². The fraction of sp³-hybridized carbons (Fsp3) is 0.273. The molecule has 7 heteroatoms. The van der Waals surface area contributed by atoms with E-state index in [-0.39, 0.29) is 10.5 Å². The summed E-state index contributed by atoms with van der Waals surface area (Å²) in [6, 6.07) is 10.7. The molecule has 1 aliphatic carbocycles. The summed E-state index contributed by atoms with van der Waals surface area (Å²) >= 11 is 0. The van der Waals surface area contributed by atoms with Crippen LogP contribution in [0, 0.1) is 0 Å². The zero-order chi connectivity index (χ0) is 21.2. The maximum absolute atomic E-state index is 12.1. The molecular weight excluding hydrogens is 388 g/mol. The highest BCUT2D eigenvalue weighted by Gasteiger charge is 2.26. The van der Waals surface area contributed by atoms with E-state index >= 15 is 0 Å². The van der Waals surface area contributed by atoms with Gasteiger partial charge >= 0.3 is 0 Å². The second kappa shape index (κ2) is 8.21. The van der Waals surface area contributed by atoms with E-state index in [9.17, 15) is 18.0 Å². The Labute approximate surface area is 170 Å². The zero-order valence-corrected chi connectivity index (χ0v) is 17.3. The number of nitrogens with two attached hydrogens (primary N) is 1. The van der Waals surface area contributed by atoms with Crippen molar-refractivity contribution in [3.8, 4) is 11.1 Å². The van der Waals surface area contributed by atoms with Gasteiger partial charge in [-0.1, -0.05) is 30.7 Å². The molecule has 0 bridgehead atoms. The fourth-order valence-corrected chi connectivity index (χ4v) is 4.27. The van der Waals surface area contributed by atoms with Crippen molar-refractivity contribution in [3.63, 3.8) is 0 Å². The van der Waals surface area contributed by atoms with Crippen LogP contribution >= 0.6 is 0 Å². The molecule has 0 saturated heterocycles. The van der Waals surface area contributed by atoms with Gasteiger partial charge in [-0.15, -0.1) is 0 Å². The summed E-state index contributed by atoms with van der Waals surface area (Å²) in [6.07, 6.45) is 6.36. The highest BCUT2D eigenvalue weighted by molar-refractivity contribution is 7.90. The number of rotatable bonds is 7. The number of carbonyl (C=O) groups excluding carboxylic acids is 2. The Morgan fingerprint density at radius 2 is 1.93 bits per heavy atom. The highest BCUT2D eigenvalue weighted by Crippen LogP contribution is 2.45. The smallest absolute Gasteiger partial charge is 0.252 e. The molecule has 0 aromatic heterocycles. The third-order valence-electron chi connectivity index (χ3n) is 5.34. The van der Waals surface area contributed by atoms with Crippen molar-refractivity contribution < 1.29 is 18.0 Å². The number of sulfone groups is 1. The molecule has 0 spiro atoms. The maximum atomic E-state index is 12.1. The first kappa shape index (κ1) is 20.8. The van der Waals surface area contributed by atoms with Crippen LogP contribution in [0.1, 0.15) is 36.3 Å². The van der Waals surface area contributed by atoms with Crippen molar-refractivity contribution in [1.82, 2.24) is 0 Å². The van der Waals surface area contributed by atoms with E-state index in [0.717, 1.165) is 41.6 Å². The Balaban J connectivity index is 2.29. The number of primary amides is 1. The van der Waals surface area contributed by atoms with Crippen LogP contribution < -0.4 is 11.1 Å². The minimum absolute atomic E-state index is 0.131. The molecule has 2 aromatic rings. The van der Waals surface area contributed by atoms with Crippen LogP contribution in [0.15, 0.2) is 46.9 Å². The highest BCUT2D eigenvalue weighted by atomic mass is 32.2. The van der Waals surface area contributed by atoms with E-state index < -0.39 is 15.7 Å². The lowest BCUT2D eigenvalue weighted by molar-refractivity contribution is -0.116. The van der Waals surface area contributed by atoms with Gasteiger partial charge in [0.05, 0.1) is 10.5 Å². The van der Waals surface area contributed by atoms with Gasteiger partial charge in [0.2, 0.25) is 0 Å². The number of anilines is 1. The van der Waals surface area contributed by atoms with Crippen molar-refractivity contribution >= 4 is 33.8 Å². The summed E-state index contributed by atoms with van der Waals surface area (Å²) in [7, 11) is -1.61.